The van der Waals surface area contributed by atoms with Gasteiger partial charge in [0.1, 0.15) is 12.1 Å². The summed E-state index contributed by atoms with van der Waals surface area (Å²) in [5.41, 5.74) is 12.3. The zero-order chi connectivity index (χ0) is 19.5. The van der Waals surface area contributed by atoms with Gasteiger partial charge in [-0.25, -0.2) is 5.43 Å². The van der Waals surface area contributed by atoms with Gasteiger partial charge in [-0.2, -0.15) is 0 Å². The molecule has 6 N–H and O–H groups in total. The minimum Gasteiger partial charge on any atom is -0.382 e. The highest BCUT2D eigenvalue weighted by atomic mass is 35.5. The van der Waals surface area contributed by atoms with E-state index >= 15 is 0 Å². The highest BCUT2D eigenvalue weighted by molar-refractivity contribution is 5.89. The molecule has 0 saturated carbocycles. The average molecular weight is 401 g/mol. The van der Waals surface area contributed by atoms with E-state index in [1.165, 1.54) is 0 Å². The van der Waals surface area contributed by atoms with Gasteiger partial charge < -0.3 is 16.2 Å². The molecule has 154 valence electrons. The number of hydrogen-bond donors (Lipinski definition) is 5. The van der Waals surface area contributed by atoms with Gasteiger partial charge in [-0.3, -0.25) is 15.0 Å². The van der Waals surface area contributed by atoms with E-state index in [9.17, 15) is 14.7 Å². The molecule has 0 spiro atoms. The van der Waals surface area contributed by atoms with E-state index in [2.05, 4.69) is 16.2 Å². The Labute approximate surface area is 167 Å². The third-order valence-corrected chi connectivity index (χ3v) is 3.92. The molecular weight excluding hydrogens is 368 g/mol. The third-order valence-electron chi connectivity index (χ3n) is 3.92. The second-order valence-electron chi connectivity index (χ2n) is 6.91. The SMILES string of the molecule is CCCNNC(=O)[C@H](CC(C)C)NC(=O)[C@@H](O)[C@H](N)Cc1ccccc1.Cl. The number of halogens is 1. The molecule has 0 radical (unpaired) electrons. The smallest absolute Gasteiger partial charge is 0.256 e. The number of nitrogens with one attached hydrogen (secondary N) is 3. The normalized spacial score (nSPS) is 14.0. The first-order valence-corrected chi connectivity index (χ1v) is 9.15. The van der Waals surface area contributed by atoms with Crippen molar-refractivity contribution in [2.75, 3.05) is 6.54 Å². The zero-order valence-corrected chi connectivity index (χ0v) is 17.1. The van der Waals surface area contributed by atoms with Crippen LogP contribution in [-0.2, 0) is 16.0 Å². The fourth-order valence-electron chi connectivity index (χ4n) is 2.51. The standard InChI is InChI=1S/C19H32N4O3.ClH/c1-4-10-21-23-18(25)16(11-13(2)3)22-19(26)17(24)15(20)12-14-8-6-5-7-9-14;/h5-9,13,15-17,21,24H,4,10-12,20H2,1-3H3,(H,22,26)(H,23,25);1H/t15-,16+,17+;/m1./s1. The molecule has 0 aliphatic rings. The molecule has 3 atom stereocenters. The van der Waals surface area contributed by atoms with Gasteiger partial charge >= 0.3 is 0 Å². The Morgan fingerprint density at radius 2 is 1.78 bits per heavy atom. The van der Waals surface area contributed by atoms with E-state index in [0.29, 0.717) is 19.4 Å². The fraction of sp³-hybridized carbons (Fsp3) is 0.579. The monoisotopic (exact) mass is 400 g/mol. The van der Waals surface area contributed by atoms with Crippen LogP contribution in [0.5, 0.6) is 0 Å². The number of hydrazine groups is 1. The van der Waals surface area contributed by atoms with Crippen molar-refractivity contribution in [1.82, 2.24) is 16.2 Å². The number of carbonyl (C=O) groups excluding carboxylic acids is 2. The van der Waals surface area contributed by atoms with Crippen LogP contribution in [0, 0.1) is 5.92 Å². The van der Waals surface area contributed by atoms with Gasteiger partial charge in [0, 0.05) is 12.6 Å². The quantitative estimate of drug-likeness (QED) is 0.279. The Bertz CT molecular complexity index is 557. The first-order chi connectivity index (χ1) is 12.3. The van der Waals surface area contributed by atoms with E-state index < -0.39 is 24.1 Å². The van der Waals surface area contributed by atoms with Crippen LogP contribution in [0.25, 0.3) is 0 Å². The Morgan fingerprint density at radius 1 is 1.15 bits per heavy atom. The summed E-state index contributed by atoms with van der Waals surface area (Å²) in [4.78, 5) is 24.6. The minimum absolute atomic E-state index is 0. The van der Waals surface area contributed by atoms with Gasteiger partial charge in [-0.05, 0) is 30.7 Å². The van der Waals surface area contributed by atoms with E-state index in [1.807, 2.05) is 51.1 Å². The van der Waals surface area contributed by atoms with Crippen molar-refractivity contribution in [3.8, 4) is 0 Å². The molecule has 0 heterocycles. The van der Waals surface area contributed by atoms with Crippen LogP contribution in [0.3, 0.4) is 0 Å². The lowest BCUT2D eigenvalue weighted by Crippen LogP contribution is -2.56. The van der Waals surface area contributed by atoms with Crippen molar-refractivity contribution >= 4 is 24.2 Å². The maximum absolute atomic E-state index is 12.4. The number of carbonyl (C=O) groups is 2. The molecular formula is C19H33ClN4O3. The Kier molecular flexibility index (Phi) is 12.7. The summed E-state index contributed by atoms with van der Waals surface area (Å²) in [6.45, 7) is 6.54. The van der Waals surface area contributed by atoms with Crippen LogP contribution in [0.1, 0.15) is 39.2 Å². The molecule has 0 fully saturated rings. The van der Waals surface area contributed by atoms with Crippen LogP contribution in [0.15, 0.2) is 30.3 Å². The number of hydrogen-bond acceptors (Lipinski definition) is 5. The molecule has 7 nitrogen and oxygen atoms in total. The largest absolute Gasteiger partial charge is 0.382 e. The van der Waals surface area contributed by atoms with E-state index in [0.717, 1.165) is 12.0 Å². The molecule has 27 heavy (non-hydrogen) atoms. The highest BCUT2D eigenvalue weighted by Gasteiger charge is 2.28. The van der Waals surface area contributed by atoms with Crippen molar-refractivity contribution in [2.45, 2.75) is 58.2 Å². The summed E-state index contributed by atoms with van der Waals surface area (Å²) < 4.78 is 0. The lowest BCUT2D eigenvalue weighted by molar-refractivity contribution is -0.135. The number of benzene rings is 1. The van der Waals surface area contributed by atoms with E-state index in [-0.39, 0.29) is 24.2 Å². The van der Waals surface area contributed by atoms with Crippen molar-refractivity contribution in [3.63, 3.8) is 0 Å². The average Bonchev–Trinajstić information content (AvgIpc) is 2.60. The lowest BCUT2D eigenvalue weighted by Gasteiger charge is -2.24. The van der Waals surface area contributed by atoms with Crippen molar-refractivity contribution in [3.05, 3.63) is 35.9 Å². The number of aliphatic hydroxyl groups excluding tert-OH is 1. The predicted molar refractivity (Wildman–Crippen MR) is 109 cm³/mol. The predicted octanol–water partition coefficient (Wildman–Crippen LogP) is 0.901. The molecule has 8 heteroatoms. The first kappa shape index (κ1) is 25.3. The summed E-state index contributed by atoms with van der Waals surface area (Å²) >= 11 is 0. The van der Waals surface area contributed by atoms with Crippen LogP contribution in [0.2, 0.25) is 0 Å². The van der Waals surface area contributed by atoms with Gasteiger partial charge in [0.15, 0.2) is 0 Å². The van der Waals surface area contributed by atoms with E-state index in [4.69, 9.17) is 5.73 Å². The van der Waals surface area contributed by atoms with Crippen LogP contribution < -0.4 is 21.9 Å². The van der Waals surface area contributed by atoms with Gasteiger partial charge in [-0.15, -0.1) is 12.4 Å². The molecule has 1 aromatic carbocycles. The first-order valence-electron chi connectivity index (χ1n) is 9.15. The molecule has 1 aromatic rings. The van der Waals surface area contributed by atoms with Crippen LogP contribution in [0.4, 0.5) is 0 Å². The summed E-state index contributed by atoms with van der Waals surface area (Å²) in [6.07, 6.45) is 0.316. The molecule has 0 aliphatic carbocycles. The molecule has 2 amide bonds. The highest BCUT2D eigenvalue weighted by Crippen LogP contribution is 2.08. The Morgan fingerprint density at radius 3 is 2.33 bits per heavy atom. The second-order valence-corrected chi connectivity index (χ2v) is 6.91. The van der Waals surface area contributed by atoms with Crippen molar-refractivity contribution in [2.24, 2.45) is 11.7 Å². The molecule has 0 saturated heterocycles. The zero-order valence-electron chi connectivity index (χ0n) is 16.3. The summed E-state index contributed by atoms with van der Waals surface area (Å²) in [5.74, 6) is -0.763. The summed E-state index contributed by atoms with van der Waals surface area (Å²) in [7, 11) is 0. The Balaban J connectivity index is 0.00000676. The molecule has 0 unspecified atom stereocenters. The van der Waals surface area contributed by atoms with Crippen LogP contribution >= 0.6 is 12.4 Å². The summed E-state index contributed by atoms with van der Waals surface area (Å²) in [5, 5.41) is 12.9. The number of nitrogens with two attached hydrogens (primary N) is 1. The third kappa shape index (κ3) is 9.72. The van der Waals surface area contributed by atoms with Crippen LogP contribution in [-0.4, -0.2) is 41.7 Å². The van der Waals surface area contributed by atoms with Gasteiger partial charge in [0.05, 0.1) is 0 Å². The number of aliphatic hydroxyl groups is 1. The molecule has 0 aliphatic heterocycles. The van der Waals surface area contributed by atoms with Crippen molar-refractivity contribution < 1.29 is 14.7 Å². The molecule has 0 bridgehead atoms. The number of rotatable bonds is 11. The molecule has 1 rings (SSSR count). The number of amides is 2. The molecule has 0 aromatic heterocycles. The second kappa shape index (κ2) is 13.5. The maximum Gasteiger partial charge on any atom is 0.256 e. The Hall–Kier alpha value is -1.67. The lowest BCUT2D eigenvalue weighted by atomic mass is 10.00. The van der Waals surface area contributed by atoms with E-state index in [1.54, 1.807) is 0 Å². The van der Waals surface area contributed by atoms with Crippen molar-refractivity contribution in [1.29, 1.82) is 0 Å². The fourth-order valence-corrected chi connectivity index (χ4v) is 2.51. The topological polar surface area (TPSA) is 116 Å². The van der Waals surface area contributed by atoms with Gasteiger partial charge in [0.2, 0.25) is 0 Å². The summed E-state index contributed by atoms with van der Waals surface area (Å²) in [6, 6.07) is 7.93. The maximum atomic E-state index is 12.4. The minimum atomic E-state index is -1.39. The van der Waals surface area contributed by atoms with Gasteiger partial charge in [-0.1, -0.05) is 51.1 Å². The van der Waals surface area contributed by atoms with Gasteiger partial charge in [0.25, 0.3) is 11.8 Å².